The first-order chi connectivity index (χ1) is 13.7. The predicted molar refractivity (Wildman–Crippen MR) is 115 cm³/mol. The van der Waals surface area contributed by atoms with Gasteiger partial charge in [0, 0.05) is 0 Å². The van der Waals surface area contributed by atoms with Gasteiger partial charge in [-0.1, -0.05) is 91.0 Å². The van der Waals surface area contributed by atoms with E-state index >= 15 is 0 Å². The monoisotopic (exact) mass is 390 g/mol. The lowest BCUT2D eigenvalue weighted by molar-refractivity contribution is -0.143. The second-order valence-electron chi connectivity index (χ2n) is 6.23. The Morgan fingerprint density at radius 1 is 0.821 bits per heavy atom. The van der Waals surface area contributed by atoms with Gasteiger partial charge in [0.2, 0.25) is 0 Å². The number of carbonyl (C=O) groups excluding carboxylic acids is 1. The number of thiocarbonyl (C=S) groups is 1. The van der Waals surface area contributed by atoms with Crippen molar-refractivity contribution in [3.05, 3.63) is 108 Å². The molecule has 0 saturated heterocycles. The maximum atomic E-state index is 12.0. The Hall–Kier alpha value is -3.18. The average molecular weight is 391 g/mol. The normalized spacial score (nSPS) is 10.3. The molecule has 0 saturated carbocycles. The fourth-order valence-electron chi connectivity index (χ4n) is 2.77. The van der Waals surface area contributed by atoms with Crippen molar-refractivity contribution in [2.45, 2.75) is 12.6 Å². The number of hydrogen-bond donors (Lipinski definition) is 2. The number of nitrogens with one attached hydrogen (secondary N) is 2. The Kier molecular flexibility index (Phi) is 7.15. The van der Waals surface area contributed by atoms with Crippen LogP contribution in [0.25, 0.3) is 0 Å². The number of carbonyl (C=O) groups is 1. The minimum Gasteiger partial charge on any atom is -0.460 e. The number of ether oxygens (including phenoxy) is 1. The van der Waals surface area contributed by atoms with E-state index in [-0.39, 0.29) is 25.2 Å². The van der Waals surface area contributed by atoms with Crippen molar-refractivity contribution in [1.82, 2.24) is 10.6 Å². The highest BCUT2D eigenvalue weighted by molar-refractivity contribution is 7.80. The zero-order chi connectivity index (χ0) is 19.6. The summed E-state index contributed by atoms with van der Waals surface area (Å²) in [5.74, 6) is -0.357. The highest BCUT2D eigenvalue weighted by Crippen LogP contribution is 2.21. The summed E-state index contributed by atoms with van der Waals surface area (Å²) in [6.07, 6.45) is 0. The first kappa shape index (κ1) is 19.6. The zero-order valence-electron chi connectivity index (χ0n) is 15.4. The Labute approximate surface area is 170 Å². The van der Waals surface area contributed by atoms with Crippen LogP contribution < -0.4 is 10.6 Å². The van der Waals surface area contributed by atoms with Gasteiger partial charge in [-0.15, -0.1) is 0 Å². The van der Waals surface area contributed by atoms with Crippen molar-refractivity contribution in [2.75, 3.05) is 6.54 Å². The topological polar surface area (TPSA) is 50.4 Å². The summed E-state index contributed by atoms with van der Waals surface area (Å²) in [6.45, 7) is 0.257. The van der Waals surface area contributed by atoms with E-state index in [0.717, 1.165) is 16.7 Å². The molecule has 5 heteroatoms. The molecule has 4 nitrogen and oxygen atoms in total. The smallest absolute Gasteiger partial charge is 0.325 e. The Balaban J connectivity index is 1.54. The van der Waals surface area contributed by atoms with Crippen LogP contribution in [0.5, 0.6) is 0 Å². The number of benzene rings is 3. The van der Waals surface area contributed by atoms with Crippen LogP contribution in [0.15, 0.2) is 91.0 Å². The Bertz CT molecular complexity index is 847. The average Bonchev–Trinajstić information content (AvgIpc) is 2.76. The molecule has 2 N–H and O–H groups in total. The van der Waals surface area contributed by atoms with Gasteiger partial charge >= 0.3 is 5.97 Å². The Morgan fingerprint density at radius 3 is 1.86 bits per heavy atom. The van der Waals surface area contributed by atoms with Crippen molar-refractivity contribution < 1.29 is 9.53 Å². The van der Waals surface area contributed by atoms with Crippen molar-refractivity contribution in [1.29, 1.82) is 0 Å². The maximum absolute atomic E-state index is 12.0. The van der Waals surface area contributed by atoms with Crippen LogP contribution in [0.3, 0.4) is 0 Å². The van der Waals surface area contributed by atoms with Gasteiger partial charge < -0.3 is 15.4 Å². The van der Waals surface area contributed by atoms with Crippen LogP contribution in [0.2, 0.25) is 0 Å². The summed E-state index contributed by atoms with van der Waals surface area (Å²) in [6, 6.07) is 29.6. The molecule has 0 aliphatic carbocycles. The number of rotatable bonds is 7. The van der Waals surface area contributed by atoms with Crippen molar-refractivity contribution >= 4 is 23.3 Å². The van der Waals surface area contributed by atoms with E-state index in [1.807, 2.05) is 91.0 Å². The molecule has 0 radical (unpaired) electrons. The van der Waals surface area contributed by atoms with Gasteiger partial charge in [0.1, 0.15) is 13.2 Å². The molecule has 3 rings (SSSR count). The molecule has 0 unspecified atom stereocenters. The van der Waals surface area contributed by atoms with Crippen LogP contribution in [0, 0.1) is 0 Å². The maximum Gasteiger partial charge on any atom is 0.325 e. The molecule has 0 amide bonds. The molecular formula is C23H22N2O2S. The first-order valence-corrected chi connectivity index (χ1v) is 9.47. The van der Waals surface area contributed by atoms with Gasteiger partial charge in [-0.05, 0) is 28.9 Å². The highest BCUT2D eigenvalue weighted by atomic mass is 32.1. The summed E-state index contributed by atoms with van der Waals surface area (Å²) < 4.78 is 5.26. The molecule has 28 heavy (non-hydrogen) atoms. The van der Waals surface area contributed by atoms with E-state index in [9.17, 15) is 4.79 Å². The number of esters is 1. The summed E-state index contributed by atoms with van der Waals surface area (Å²) in [5.41, 5.74) is 3.12. The van der Waals surface area contributed by atoms with E-state index in [0.29, 0.717) is 5.11 Å². The summed E-state index contributed by atoms with van der Waals surface area (Å²) >= 11 is 5.40. The molecule has 0 aliphatic rings. The van der Waals surface area contributed by atoms with Crippen molar-refractivity contribution in [2.24, 2.45) is 0 Å². The third kappa shape index (κ3) is 5.93. The third-order valence-electron chi connectivity index (χ3n) is 4.18. The SMILES string of the molecule is O=C(CNC(=S)NC(c1ccccc1)c1ccccc1)OCc1ccccc1. The lowest BCUT2D eigenvalue weighted by Gasteiger charge is -2.21. The molecule has 3 aromatic rings. The molecule has 0 spiro atoms. The molecule has 3 aromatic carbocycles. The summed E-state index contributed by atoms with van der Waals surface area (Å²) in [7, 11) is 0. The van der Waals surface area contributed by atoms with Gasteiger partial charge in [-0.25, -0.2) is 0 Å². The van der Waals surface area contributed by atoms with E-state index in [2.05, 4.69) is 10.6 Å². The first-order valence-electron chi connectivity index (χ1n) is 9.06. The highest BCUT2D eigenvalue weighted by Gasteiger charge is 2.15. The lowest BCUT2D eigenvalue weighted by Crippen LogP contribution is -2.40. The predicted octanol–water partition coefficient (Wildman–Crippen LogP) is 3.98. The molecule has 0 heterocycles. The minimum atomic E-state index is -0.357. The summed E-state index contributed by atoms with van der Waals surface area (Å²) in [4.78, 5) is 12.0. The van der Waals surface area contributed by atoms with E-state index < -0.39 is 0 Å². The second-order valence-corrected chi connectivity index (χ2v) is 6.64. The van der Waals surface area contributed by atoms with Gasteiger partial charge in [0.15, 0.2) is 5.11 Å². The van der Waals surface area contributed by atoms with E-state index in [1.54, 1.807) is 0 Å². The largest absolute Gasteiger partial charge is 0.460 e. The lowest BCUT2D eigenvalue weighted by atomic mass is 9.99. The fourth-order valence-corrected chi connectivity index (χ4v) is 2.96. The van der Waals surface area contributed by atoms with Crippen LogP contribution in [0.4, 0.5) is 0 Å². The molecule has 0 fully saturated rings. The number of hydrogen-bond acceptors (Lipinski definition) is 3. The van der Waals surface area contributed by atoms with Crippen molar-refractivity contribution in [3.63, 3.8) is 0 Å². The molecule has 0 aliphatic heterocycles. The third-order valence-corrected chi connectivity index (χ3v) is 4.44. The van der Waals surface area contributed by atoms with Crippen molar-refractivity contribution in [3.8, 4) is 0 Å². The molecule has 142 valence electrons. The van der Waals surface area contributed by atoms with E-state index in [4.69, 9.17) is 17.0 Å². The summed E-state index contributed by atoms with van der Waals surface area (Å²) in [5, 5.41) is 6.62. The second kappa shape index (κ2) is 10.2. The van der Waals surface area contributed by atoms with Gasteiger partial charge in [0.05, 0.1) is 6.04 Å². The standard InChI is InChI=1S/C23H22N2O2S/c26-21(27-17-18-10-4-1-5-11-18)16-24-23(28)25-22(19-12-6-2-7-13-19)20-14-8-3-9-15-20/h1-15,22H,16-17H2,(H2,24,25,28). The van der Waals surface area contributed by atoms with Gasteiger partial charge in [-0.3, -0.25) is 4.79 Å². The zero-order valence-corrected chi connectivity index (χ0v) is 16.2. The van der Waals surface area contributed by atoms with Crippen LogP contribution >= 0.6 is 12.2 Å². The van der Waals surface area contributed by atoms with Gasteiger partial charge in [-0.2, -0.15) is 0 Å². The molecule has 0 aromatic heterocycles. The van der Waals surface area contributed by atoms with E-state index in [1.165, 1.54) is 0 Å². The van der Waals surface area contributed by atoms with Crippen LogP contribution in [-0.4, -0.2) is 17.6 Å². The minimum absolute atomic E-state index is 0.00890. The Morgan fingerprint density at radius 2 is 1.32 bits per heavy atom. The fraction of sp³-hybridized carbons (Fsp3) is 0.130. The van der Waals surface area contributed by atoms with Crippen LogP contribution in [-0.2, 0) is 16.1 Å². The quantitative estimate of drug-likeness (QED) is 0.472. The van der Waals surface area contributed by atoms with Crippen LogP contribution in [0.1, 0.15) is 22.7 Å². The molecular weight excluding hydrogens is 368 g/mol. The molecule has 0 bridgehead atoms. The van der Waals surface area contributed by atoms with Gasteiger partial charge in [0.25, 0.3) is 0 Å². The molecule has 0 atom stereocenters.